The van der Waals surface area contributed by atoms with Gasteiger partial charge in [-0.25, -0.2) is 13.4 Å². The molecule has 0 amide bonds. The predicted octanol–water partition coefficient (Wildman–Crippen LogP) is 2.88. The van der Waals surface area contributed by atoms with Crippen molar-refractivity contribution < 1.29 is 8.42 Å². The summed E-state index contributed by atoms with van der Waals surface area (Å²) < 4.78 is 26.7. The zero-order valence-corrected chi connectivity index (χ0v) is 13.5. The maximum absolute atomic E-state index is 12.5. The minimum Gasteiger partial charge on any atom is -0.232 e. The third-order valence-corrected chi connectivity index (χ3v) is 6.36. The van der Waals surface area contributed by atoms with E-state index in [1.165, 1.54) is 10.5 Å². The maximum Gasteiger partial charge on any atom is 0.254 e. The lowest BCUT2D eigenvalue weighted by atomic mass is 10.1. The van der Waals surface area contributed by atoms with Crippen LogP contribution in [0, 0.1) is 11.3 Å². The maximum atomic E-state index is 12.5. The van der Waals surface area contributed by atoms with Crippen LogP contribution < -0.4 is 0 Å². The van der Waals surface area contributed by atoms with E-state index in [0.717, 1.165) is 11.3 Å². The van der Waals surface area contributed by atoms with E-state index in [1.807, 2.05) is 0 Å². The molecule has 0 aliphatic rings. The second-order valence-corrected chi connectivity index (χ2v) is 7.91. The molecule has 5 nitrogen and oxygen atoms in total. The van der Waals surface area contributed by atoms with Crippen LogP contribution in [0.3, 0.4) is 0 Å². The first-order valence-electron chi connectivity index (χ1n) is 6.08. The van der Waals surface area contributed by atoms with Gasteiger partial charge in [0, 0.05) is 13.1 Å². The normalized spacial score (nSPS) is 11.5. The summed E-state index contributed by atoms with van der Waals surface area (Å²) in [7, 11) is -3.66. The Hall–Kier alpha value is -1.46. The van der Waals surface area contributed by atoms with Crippen LogP contribution in [-0.2, 0) is 16.6 Å². The Morgan fingerprint density at radius 3 is 2.71 bits per heavy atom. The van der Waals surface area contributed by atoms with Crippen LogP contribution in [0.25, 0.3) is 0 Å². The van der Waals surface area contributed by atoms with Gasteiger partial charge in [0.25, 0.3) is 10.0 Å². The number of nitriles is 1. The number of rotatable bonds is 5. The Morgan fingerprint density at radius 2 is 2.14 bits per heavy atom. The molecule has 0 N–H and O–H groups in total. The number of aromatic nitrogens is 1. The fourth-order valence-electron chi connectivity index (χ4n) is 1.81. The van der Waals surface area contributed by atoms with Gasteiger partial charge >= 0.3 is 0 Å². The molecule has 0 spiro atoms. The van der Waals surface area contributed by atoms with Gasteiger partial charge in [-0.3, -0.25) is 0 Å². The van der Waals surface area contributed by atoms with E-state index in [4.69, 9.17) is 16.9 Å². The molecule has 0 bridgehead atoms. The molecule has 8 heteroatoms. The summed E-state index contributed by atoms with van der Waals surface area (Å²) in [6.45, 7) is 2.17. The van der Waals surface area contributed by atoms with Gasteiger partial charge in [0.2, 0.25) is 0 Å². The van der Waals surface area contributed by atoms with Gasteiger partial charge in [-0.2, -0.15) is 9.57 Å². The van der Waals surface area contributed by atoms with Gasteiger partial charge in [-0.15, -0.1) is 0 Å². The number of sulfonamides is 1. The average Bonchev–Trinajstić information content (AvgIpc) is 2.92. The second-order valence-electron chi connectivity index (χ2n) is 4.13. The lowest BCUT2D eigenvalue weighted by Gasteiger charge is -2.19. The van der Waals surface area contributed by atoms with Gasteiger partial charge in [0.15, 0.2) is 8.68 Å². The standard InChI is InChI=1S/C13H12ClN3O2S2/c1-2-17(9-11-6-4-3-5-10(11)7-15)21(18,19)12-8-16-13(14)20-12/h3-6,8H,2,9H2,1H3. The van der Waals surface area contributed by atoms with Crippen molar-refractivity contribution in [3.63, 3.8) is 0 Å². The number of hydrogen-bond donors (Lipinski definition) is 0. The van der Waals surface area contributed by atoms with E-state index in [-0.39, 0.29) is 21.8 Å². The summed E-state index contributed by atoms with van der Waals surface area (Å²) in [5.41, 5.74) is 1.13. The monoisotopic (exact) mass is 341 g/mol. The molecule has 0 unspecified atom stereocenters. The van der Waals surface area contributed by atoms with E-state index in [0.29, 0.717) is 11.1 Å². The smallest absolute Gasteiger partial charge is 0.232 e. The Balaban J connectivity index is 2.34. The zero-order chi connectivity index (χ0) is 15.5. The van der Waals surface area contributed by atoms with Gasteiger partial charge in [-0.05, 0) is 11.6 Å². The molecule has 2 aromatic rings. The molecule has 2 rings (SSSR count). The third kappa shape index (κ3) is 3.41. The molecular formula is C13H12ClN3O2S2. The molecule has 110 valence electrons. The number of nitrogens with zero attached hydrogens (tertiary/aromatic N) is 3. The molecule has 0 aliphatic carbocycles. The fraction of sp³-hybridized carbons (Fsp3) is 0.231. The largest absolute Gasteiger partial charge is 0.254 e. The highest BCUT2D eigenvalue weighted by Gasteiger charge is 2.26. The summed E-state index contributed by atoms with van der Waals surface area (Å²) in [5, 5.41) is 9.08. The van der Waals surface area contributed by atoms with Crippen LogP contribution in [0.2, 0.25) is 4.47 Å². The topological polar surface area (TPSA) is 74.1 Å². The molecule has 1 aromatic carbocycles. The molecule has 1 aromatic heterocycles. The average molecular weight is 342 g/mol. The minimum atomic E-state index is -3.66. The lowest BCUT2D eigenvalue weighted by Crippen LogP contribution is -2.30. The fourth-order valence-corrected chi connectivity index (χ4v) is 4.69. The van der Waals surface area contributed by atoms with E-state index in [9.17, 15) is 8.42 Å². The van der Waals surface area contributed by atoms with Crippen molar-refractivity contribution in [2.24, 2.45) is 0 Å². The highest BCUT2D eigenvalue weighted by molar-refractivity contribution is 7.91. The molecule has 0 radical (unpaired) electrons. The second kappa shape index (κ2) is 6.54. The number of hydrogen-bond acceptors (Lipinski definition) is 5. The van der Waals surface area contributed by atoms with Crippen molar-refractivity contribution in [1.29, 1.82) is 5.26 Å². The van der Waals surface area contributed by atoms with Crippen LogP contribution in [0.15, 0.2) is 34.7 Å². The van der Waals surface area contributed by atoms with Crippen molar-refractivity contribution in [2.45, 2.75) is 17.7 Å². The Bertz CT molecular complexity index is 781. The molecule has 21 heavy (non-hydrogen) atoms. The summed E-state index contributed by atoms with van der Waals surface area (Å²) in [6, 6.07) is 9.00. The Morgan fingerprint density at radius 1 is 1.43 bits per heavy atom. The Labute approximate surface area is 132 Å². The van der Waals surface area contributed by atoms with Crippen molar-refractivity contribution in [3.05, 3.63) is 46.1 Å². The third-order valence-electron chi connectivity index (χ3n) is 2.89. The first kappa shape index (κ1) is 15.9. The number of benzene rings is 1. The van der Waals surface area contributed by atoms with Crippen LogP contribution in [0.4, 0.5) is 0 Å². The summed E-state index contributed by atoms with van der Waals surface area (Å²) in [4.78, 5) is 3.77. The van der Waals surface area contributed by atoms with Gasteiger partial charge in [0.1, 0.15) is 0 Å². The summed E-state index contributed by atoms with van der Waals surface area (Å²) in [5.74, 6) is 0. The van der Waals surface area contributed by atoms with Gasteiger partial charge < -0.3 is 0 Å². The first-order chi connectivity index (χ1) is 9.98. The zero-order valence-electron chi connectivity index (χ0n) is 11.2. The quantitative estimate of drug-likeness (QED) is 0.838. The summed E-state index contributed by atoms with van der Waals surface area (Å²) >= 11 is 6.62. The van der Waals surface area contributed by atoms with Crippen molar-refractivity contribution in [2.75, 3.05) is 6.54 Å². The number of halogens is 1. The van der Waals surface area contributed by atoms with E-state index in [1.54, 1.807) is 31.2 Å². The van der Waals surface area contributed by atoms with Gasteiger partial charge in [0.05, 0.1) is 17.8 Å². The number of thiazole rings is 1. The highest BCUT2D eigenvalue weighted by atomic mass is 35.5. The highest BCUT2D eigenvalue weighted by Crippen LogP contribution is 2.26. The van der Waals surface area contributed by atoms with Gasteiger partial charge in [-0.1, -0.05) is 48.1 Å². The summed E-state index contributed by atoms with van der Waals surface area (Å²) in [6.07, 6.45) is 1.25. The Kier molecular flexibility index (Phi) is 4.96. The van der Waals surface area contributed by atoms with Crippen LogP contribution in [0.1, 0.15) is 18.1 Å². The molecule has 1 heterocycles. The van der Waals surface area contributed by atoms with E-state index in [2.05, 4.69) is 11.1 Å². The molecular weight excluding hydrogens is 330 g/mol. The molecule has 0 saturated heterocycles. The van der Waals surface area contributed by atoms with Crippen LogP contribution >= 0.6 is 22.9 Å². The van der Waals surface area contributed by atoms with Crippen molar-refractivity contribution in [3.8, 4) is 6.07 Å². The predicted molar refractivity (Wildman–Crippen MR) is 81.6 cm³/mol. The molecule has 0 saturated carbocycles. The van der Waals surface area contributed by atoms with Crippen molar-refractivity contribution in [1.82, 2.24) is 9.29 Å². The SMILES string of the molecule is CCN(Cc1ccccc1C#N)S(=O)(=O)c1cnc(Cl)s1. The van der Waals surface area contributed by atoms with Crippen molar-refractivity contribution >= 4 is 33.0 Å². The van der Waals surface area contributed by atoms with Crippen LogP contribution in [0.5, 0.6) is 0 Å². The minimum absolute atomic E-state index is 0.101. The van der Waals surface area contributed by atoms with E-state index >= 15 is 0 Å². The molecule has 0 aliphatic heterocycles. The lowest BCUT2D eigenvalue weighted by molar-refractivity contribution is 0.424. The molecule has 0 fully saturated rings. The van der Waals surface area contributed by atoms with E-state index < -0.39 is 10.0 Å². The van der Waals surface area contributed by atoms with Crippen LogP contribution in [-0.4, -0.2) is 24.3 Å². The first-order valence-corrected chi connectivity index (χ1v) is 8.72. The molecule has 0 atom stereocenters.